The van der Waals surface area contributed by atoms with Crippen molar-refractivity contribution < 1.29 is 14.6 Å². The van der Waals surface area contributed by atoms with Gasteiger partial charge in [-0.15, -0.1) is 11.8 Å². The number of benzene rings is 1. The Morgan fingerprint density at radius 3 is 2.71 bits per heavy atom. The third-order valence-corrected chi connectivity index (χ3v) is 2.85. The fraction of sp³-hybridized carbons (Fsp3) is 0.300. The first-order valence-electron chi connectivity index (χ1n) is 4.17. The van der Waals surface area contributed by atoms with Gasteiger partial charge < -0.3 is 9.84 Å². The number of methoxy groups -OCH3 is 1. The molecule has 1 atom stereocenters. The maximum Gasteiger partial charge on any atom is 0.318 e. The number of thioether (sulfide) groups is 1. The lowest BCUT2D eigenvalue weighted by molar-refractivity contribution is -0.139. The monoisotopic (exact) mass is 212 g/mol. The fourth-order valence-electron chi connectivity index (χ4n) is 0.961. The highest BCUT2D eigenvalue weighted by molar-refractivity contribution is 8.00. The minimum Gasteiger partial charge on any atom is -0.507 e. The molecule has 0 bridgehead atoms. The number of para-hydroxylation sites is 1. The highest BCUT2D eigenvalue weighted by Crippen LogP contribution is 2.31. The van der Waals surface area contributed by atoms with Crippen LogP contribution in [0.1, 0.15) is 6.92 Å². The van der Waals surface area contributed by atoms with Crippen molar-refractivity contribution in [3.63, 3.8) is 0 Å². The second-order valence-corrected chi connectivity index (χ2v) is 4.13. The molecule has 0 aliphatic carbocycles. The third kappa shape index (κ3) is 2.67. The molecule has 1 aromatic carbocycles. The zero-order chi connectivity index (χ0) is 10.6. The molecule has 0 radical (unpaired) electrons. The van der Waals surface area contributed by atoms with Crippen molar-refractivity contribution in [2.24, 2.45) is 0 Å². The Morgan fingerprint density at radius 1 is 1.50 bits per heavy atom. The molecular weight excluding hydrogens is 200 g/mol. The predicted octanol–water partition coefficient (Wildman–Crippen LogP) is 2.05. The normalized spacial score (nSPS) is 12.1. The molecule has 0 aliphatic heterocycles. The topological polar surface area (TPSA) is 46.5 Å². The van der Waals surface area contributed by atoms with Crippen molar-refractivity contribution >= 4 is 17.7 Å². The minimum absolute atomic E-state index is 0.188. The molecule has 4 heteroatoms. The van der Waals surface area contributed by atoms with E-state index in [1.807, 2.05) is 6.07 Å². The average molecular weight is 212 g/mol. The van der Waals surface area contributed by atoms with Crippen LogP contribution in [-0.4, -0.2) is 23.4 Å². The zero-order valence-corrected chi connectivity index (χ0v) is 8.88. The van der Waals surface area contributed by atoms with Gasteiger partial charge in [-0.05, 0) is 19.1 Å². The molecule has 0 heterocycles. The molecule has 1 unspecified atom stereocenters. The van der Waals surface area contributed by atoms with E-state index in [0.717, 1.165) is 0 Å². The molecule has 1 N–H and O–H groups in total. The summed E-state index contributed by atoms with van der Waals surface area (Å²) in [6, 6.07) is 6.90. The molecule has 76 valence electrons. The van der Waals surface area contributed by atoms with E-state index in [-0.39, 0.29) is 17.0 Å². The summed E-state index contributed by atoms with van der Waals surface area (Å²) >= 11 is 1.28. The summed E-state index contributed by atoms with van der Waals surface area (Å²) in [5.41, 5.74) is 0. The summed E-state index contributed by atoms with van der Waals surface area (Å²) in [6.07, 6.45) is 0. The van der Waals surface area contributed by atoms with Gasteiger partial charge in [0.2, 0.25) is 0 Å². The molecule has 0 aliphatic rings. The Balaban J connectivity index is 2.69. The number of hydrogen-bond acceptors (Lipinski definition) is 4. The fourth-order valence-corrected chi connectivity index (χ4v) is 1.88. The summed E-state index contributed by atoms with van der Waals surface area (Å²) in [4.78, 5) is 11.8. The van der Waals surface area contributed by atoms with Gasteiger partial charge in [0.1, 0.15) is 11.0 Å². The number of phenols is 1. The van der Waals surface area contributed by atoms with Crippen LogP contribution in [0.5, 0.6) is 5.75 Å². The maximum absolute atomic E-state index is 11.1. The number of carbonyl (C=O) groups excluding carboxylic acids is 1. The molecule has 0 spiro atoms. The van der Waals surface area contributed by atoms with E-state index in [0.29, 0.717) is 4.90 Å². The number of esters is 1. The van der Waals surface area contributed by atoms with Gasteiger partial charge in [-0.2, -0.15) is 0 Å². The number of ether oxygens (including phenoxy) is 1. The first-order valence-corrected chi connectivity index (χ1v) is 5.05. The van der Waals surface area contributed by atoms with Crippen LogP contribution in [0.4, 0.5) is 0 Å². The Morgan fingerprint density at radius 2 is 2.14 bits per heavy atom. The van der Waals surface area contributed by atoms with Gasteiger partial charge in [0, 0.05) is 4.90 Å². The number of hydrogen-bond donors (Lipinski definition) is 1. The predicted molar refractivity (Wildman–Crippen MR) is 55.4 cm³/mol. The van der Waals surface area contributed by atoms with Crippen molar-refractivity contribution in [2.75, 3.05) is 7.11 Å². The first-order chi connectivity index (χ1) is 6.65. The molecule has 0 saturated heterocycles. The van der Waals surface area contributed by atoms with Gasteiger partial charge in [0.15, 0.2) is 0 Å². The number of rotatable bonds is 3. The molecule has 0 aromatic heterocycles. The summed E-state index contributed by atoms with van der Waals surface area (Å²) in [6.45, 7) is 1.74. The van der Waals surface area contributed by atoms with Gasteiger partial charge in [-0.25, -0.2) is 0 Å². The van der Waals surface area contributed by atoms with Crippen molar-refractivity contribution in [1.82, 2.24) is 0 Å². The lowest BCUT2D eigenvalue weighted by atomic mass is 10.3. The van der Waals surface area contributed by atoms with Gasteiger partial charge >= 0.3 is 5.97 Å². The Labute approximate surface area is 87.1 Å². The van der Waals surface area contributed by atoms with Crippen LogP contribution < -0.4 is 0 Å². The van der Waals surface area contributed by atoms with E-state index < -0.39 is 0 Å². The van der Waals surface area contributed by atoms with Gasteiger partial charge in [-0.1, -0.05) is 12.1 Å². The zero-order valence-electron chi connectivity index (χ0n) is 8.06. The van der Waals surface area contributed by atoms with E-state index in [4.69, 9.17) is 0 Å². The van der Waals surface area contributed by atoms with Gasteiger partial charge in [-0.3, -0.25) is 4.79 Å². The minimum atomic E-state index is -0.312. The smallest absolute Gasteiger partial charge is 0.318 e. The summed E-state index contributed by atoms with van der Waals surface area (Å²) in [5, 5.41) is 9.13. The van der Waals surface area contributed by atoms with E-state index in [1.54, 1.807) is 25.1 Å². The Bertz CT molecular complexity index is 325. The second kappa shape index (κ2) is 4.91. The van der Waals surface area contributed by atoms with Crippen LogP contribution in [0.25, 0.3) is 0 Å². The molecular formula is C10H12O3S. The van der Waals surface area contributed by atoms with Gasteiger partial charge in [0.25, 0.3) is 0 Å². The lowest BCUT2D eigenvalue weighted by Crippen LogP contribution is -2.14. The van der Waals surface area contributed by atoms with Crippen LogP contribution in [0.15, 0.2) is 29.2 Å². The quantitative estimate of drug-likeness (QED) is 0.615. The van der Waals surface area contributed by atoms with Crippen LogP contribution in [0, 0.1) is 0 Å². The molecule has 0 amide bonds. The van der Waals surface area contributed by atoms with E-state index in [1.165, 1.54) is 18.9 Å². The SMILES string of the molecule is COC(=O)C(C)Sc1ccccc1O. The highest BCUT2D eigenvalue weighted by Gasteiger charge is 2.15. The van der Waals surface area contributed by atoms with Crippen molar-refractivity contribution in [2.45, 2.75) is 17.1 Å². The average Bonchev–Trinajstić information content (AvgIpc) is 2.20. The number of aromatic hydroxyl groups is 1. The maximum atomic E-state index is 11.1. The van der Waals surface area contributed by atoms with E-state index in [2.05, 4.69) is 4.74 Å². The number of carbonyl (C=O) groups is 1. The molecule has 1 rings (SSSR count). The first kappa shape index (κ1) is 10.9. The highest BCUT2D eigenvalue weighted by atomic mass is 32.2. The summed E-state index contributed by atoms with van der Waals surface area (Å²) in [5.74, 6) is -0.105. The van der Waals surface area contributed by atoms with Crippen molar-refractivity contribution in [3.05, 3.63) is 24.3 Å². The molecule has 14 heavy (non-hydrogen) atoms. The largest absolute Gasteiger partial charge is 0.507 e. The lowest BCUT2D eigenvalue weighted by Gasteiger charge is -2.09. The van der Waals surface area contributed by atoms with Crippen LogP contribution in [0.2, 0.25) is 0 Å². The molecule has 3 nitrogen and oxygen atoms in total. The second-order valence-electron chi connectivity index (χ2n) is 2.75. The van der Waals surface area contributed by atoms with Crippen LogP contribution in [0.3, 0.4) is 0 Å². The molecule has 0 fully saturated rings. The van der Waals surface area contributed by atoms with Crippen molar-refractivity contribution in [1.29, 1.82) is 0 Å². The Hall–Kier alpha value is -1.16. The van der Waals surface area contributed by atoms with Gasteiger partial charge in [0.05, 0.1) is 7.11 Å². The van der Waals surface area contributed by atoms with Crippen LogP contribution >= 0.6 is 11.8 Å². The Kier molecular flexibility index (Phi) is 3.83. The van der Waals surface area contributed by atoms with Crippen LogP contribution in [-0.2, 0) is 9.53 Å². The summed E-state index contributed by atoms with van der Waals surface area (Å²) in [7, 11) is 1.35. The van der Waals surface area contributed by atoms with E-state index in [9.17, 15) is 9.90 Å². The molecule has 0 saturated carbocycles. The third-order valence-electron chi connectivity index (χ3n) is 1.70. The van der Waals surface area contributed by atoms with Crippen molar-refractivity contribution in [3.8, 4) is 5.75 Å². The standard InChI is InChI=1S/C10H12O3S/c1-7(10(12)13-2)14-9-6-4-3-5-8(9)11/h3-7,11H,1-2H3. The summed E-state index contributed by atoms with van der Waals surface area (Å²) < 4.78 is 4.58. The molecule has 1 aromatic rings. The number of phenolic OH excluding ortho intramolecular Hbond substituents is 1. The van der Waals surface area contributed by atoms with E-state index >= 15 is 0 Å².